The van der Waals surface area contributed by atoms with Crippen LogP contribution in [0.15, 0.2) is 0 Å². The van der Waals surface area contributed by atoms with Gasteiger partial charge < -0.3 is 10.6 Å². The van der Waals surface area contributed by atoms with Gasteiger partial charge in [-0.3, -0.25) is 4.79 Å². The van der Waals surface area contributed by atoms with Crippen LogP contribution in [0, 0.1) is 11.3 Å². The van der Waals surface area contributed by atoms with Crippen LogP contribution in [0.1, 0.15) is 45.4 Å². The molecule has 96 valence electrons. The zero-order valence-corrected chi connectivity index (χ0v) is 11.4. The van der Waals surface area contributed by atoms with E-state index in [0.29, 0.717) is 23.2 Å². The summed E-state index contributed by atoms with van der Waals surface area (Å²) in [7, 11) is 0. The summed E-state index contributed by atoms with van der Waals surface area (Å²) in [6, 6.07) is 0. The van der Waals surface area contributed by atoms with Crippen molar-refractivity contribution in [2.45, 2.75) is 45.4 Å². The van der Waals surface area contributed by atoms with Crippen LogP contribution in [0.25, 0.3) is 0 Å². The number of carbonyl (C=O) groups is 1. The molecule has 1 heterocycles. The minimum absolute atomic E-state index is 0.231. The third kappa shape index (κ3) is 3.41. The number of likely N-dealkylation sites (tertiary alicyclic amines) is 1. The maximum atomic E-state index is 12.0. The Morgan fingerprint density at radius 3 is 2.82 bits per heavy atom. The molecule has 0 bridgehead atoms. The predicted octanol–water partition coefficient (Wildman–Crippen LogP) is 2.09. The SMILES string of the molecule is CC1CCC(=O)N(CC2(CC(N)=S)CC2)CC1. The molecule has 1 saturated heterocycles. The summed E-state index contributed by atoms with van der Waals surface area (Å²) < 4.78 is 0. The quantitative estimate of drug-likeness (QED) is 0.781. The Morgan fingerprint density at radius 2 is 2.24 bits per heavy atom. The van der Waals surface area contributed by atoms with Gasteiger partial charge in [0.05, 0.1) is 4.99 Å². The second-order valence-electron chi connectivity index (χ2n) is 5.89. The number of amides is 1. The van der Waals surface area contributed by atoms with Crippen LogP contribution in [0.3, 0.4) is 0 Å². The van der Waals surface area contributed by atoms with Crippen LogP contribution >= 0.6 is 12.2 Å². The molecule has 1 amide bonds. The number of hydrogen-bond donors (Lipinski definition) is 1. The number of rotatable bonds is 4. The van der Waals surface area contributed by atoms with Gasteiger partial charge in [-0.2, -0.15) is 0 Å². The average Bonchev–Trinajstić information content (AvgIpc) is 3.00. The average molecular weight is 254 g/mol. The van der Waals surface area contributed by atoms with Gasteiger partial charge in [-0.1, -0.05) is 19.1 Å². The second kappa shape index (κ2) is 4.92. The highest BCUT2D eigenvalue weighted by molar-refractivity contribution is 7.80. The summed E-state index contributed by atoms with van der Waals surface area (Å²) in [4.78, 5) is 14.7. The lowest BCUT2D eigenvalue weighted by molar-refractivity contribution is -0.131. The summed E-state index contributed by atoms with van der Waals surface area (Å²) >= 11 is 5.00. The molecule has 0 radical (unpaired) electrons. The Balaban J connectivity index is 1.93. The molecule has 1 aliphatic heterocycles. The maximum Gasteiger partial charge on any atom is 0.222 e. The predicted molar refractivity (Wildman–Crippen MR) is 72.7 cm³/mol. The summed E-state index contributed by atoms with van der Waals surface area (Å²) in [6.07, 6.45) is 6.03. The molecular weight excluding hydrogens is 232 g/mol. The summed E-state index contributed by atoms with van der Waals surface area (Å²) in [6.45, 7) is 4.02. The number of carbonyl (C=O) groups excluding carboxylic acids is 1. The highest BCUT2D eigenvalue weighted by Gasteiger charge is 2.45. The first-order chi connectivity index (χ1) is 8.01. The van der Waals surface area contributed by atoms with Gasteiger partial charge in [0.25, 0.3) is 0 Å². The van der Waals surface area contributed by atoms with Gasteiger partial charge in [0, 0.05) is 25.9 Å². The lowest BCUT2D eigenvalue weighted by Gasteiger charge is -2.26. The smallest absolute Gasteiger partial charge is 0.222 e. The molecule has 0 aromatic rings. The van der Waals surface area contributed by atoms with Crippen LogP contribution < -0.4 is 5.73 Å². The molecular formula is C13H22N2OS. The van der Waals surface area contributed by atoms with Crippen LogP contribution in [-0.2, 0) is 4.79 Å². The van der Waals surface area contributed by atoms with E-state index in [4.69, 9.17) is 18.0 Å². The van der Waals surface area contributed by atoms with Crippen molar-refractivity contribution in [2.24, 2.45) is 17.1 Å². The van der Waals surface area contributed by atoms with Gasteiger partial charge in [-0.05, 0) is 37.0 Å². The molecule has 4 heteroatoms. The molecule has 2 rings (SSSR count). The first-order valence-corrected chi connectivity index (χ1v) is 6.98. The Hall–Kier alpha value is -0.640. The standard InChI is InChI=1S/C13H22N2OS/c1-10-2-3-12(16)15(7-4-10)9-13(5-6-13)8-11(14)17/h10H,2-9H2,1H3,(H2,14,17). The van der Waals surface area contributed by atoms with E-state index in [9.17, 15) is 4.79 Å². The third-order valence-corrected chi connectivity index (χ3v) is 4.27. The van der Waals surface area contributed by atoms with E-state index in [1.165, 1.54) is 12.8 Å². The Morgan fingerprint density at radius 1 is 1.53 bits per heavy atom. The fraction of sp³-hybridized carbons (Fsp3) is 0.846. The Kier molecular flexibility index (Phi) is 3.71. The molecule has 2 aliphatic rings. The molecule has 2 fully saturated rings. The summed E-state index contributed by atoms with van der Waals surface area (Å²) in [5.41, 5.74) is 5.87. The molecule has 3 nitrogen and oxygen atoms in total. The topological polar surface area (TPSA) is 46.3 Å². The van der Waals surface area contributed by atoms with Gasteiger partial charge in [0.2, 0.25) is 5.91 Å². The largest absolute Gasteiger partial charge is 0.393 e. The van der Waals surface area contributed by atoms with Gasteiger partial charge in [-0.15, -0.1) is 0 Å². The second-order valence-corrected chi connectivity index (χ2v) is 6.42. The molecule has 0 spiro atoms. The fourth-order valence-electron chi connectivity index (χ4n) is 2.68. The van der Waals surface area contributed by atoms with E-state index in [1.54, 1.807) is 0 Å². The van der Waals surface area contributed by atoms with Crippen molar-refractivity contribution in [3.63, 3.8) is 0 Å². The Labute approximate surface area is 109 Å². The lowest BCUT2D eigenvalue weighted by atomic mass is 10.0. The van der Waals surface area contributed by atoms with Gasteiger partial charge in [0.15, 0.2) is 0 Å². The maximum absolute atomic E-state index is 12.0. The van der Waals surface area contributed by atoms with Crippen molar-refractivity contribution < 1.29 is 4.79 Å². The van der Waals surface area contributed by atoms with Gasteiger partial charge in [0.1, 0.15) is 0 Å². The molecule has 0 aromatic heterocycles. The number of nitrogens with two attached hydrogens (primary N) is 1. The molecule has 1 atom stereocenters. The van der Waals surface area contributed by atoms with E-state index in [0.717, 1.165) is 32.4 Å². The number of thiocarbonyl (C=S) groups is 1. The van der Waals surface area contributed by atoms with Crippen molar-refractivity contribution in [3.05, 3.63) is 0 Å². The first-order valence-electron chi connectivity index (χ1n) is 6.57. The van der Waals surface area contributed by atoms with Crippen LogP contribution in [0.2, 0.25) is 0 Å². The van der Waals surface area contributed by atoms with Crippen LogP contribution in [0.4, 0.5) is 0 Å². The number of nitrogens with zero attached hydrogens (tertiary/aromatic N) is 1. The van der Waals surface area contributed by atoms with Gasteiger partial charge >= 0.3 is 0 Å². The first kappa shape index (κ1) is 12.8. The van der Waals surface area contributed by atoms with E-state index < -0.39 is 0 Å². The number of hydrogen-bond acceptors (Lipinski definition) is 2. The summed E-state index contributed by atoms with van der Waals surface area (Å²) in [5, 5.41) is 0. The molecule has 0 aromatic carbocycles. The minimum atomic E-state index is 0.231. The van der Waals surface area contributed by atoms with Crippen LogP contribution in [0.5, 0.6) is 0 Å². The zero-order chi connectivity index (χ0) is 12.5. The summed E-state index contributed by atoms with van der Waals surface area (Å²) in [5.74, 6) is 0.998. The Bertz CT molecular complexity index is 325. The van der Waals surface area contributed by atoms with E-state index in [1.807, 2.05) is 0 Å². The van der Waals surface area contributed by atoms with Crippen molar-refractivity contribution in [1.82, 2.24) is 4.90 Å². The molecule has 1 aliphatic carbocycles. The minimum Gasteiger partial charge on any atom is -0.393 e. The van der Waals surface area contributed by atoms with E-state index in [2.05, 4.69) is 11.8 Å². The van der Waals surface area contributed by atoms with E-state index in [-0.39, 0.29) is 5.41 Å². The molecule has 1 saturated carbocycles. The zero-order valence-electron chi connectivity index (χ0n) is 10.6. The van der Waals surface area contributed by atoms with Crippen molar-refractivity contribution in [3.8, 4) is 0 Å². The lowest BCUT2D eigenvalue weighted by Crippen LogP contribution is -2.37. The van der Waals surface area contributed by atoms with Crippen molar-refractivity contribution in [2.75, 3.05) is 13.1 Å². The fourth-order valence-corrected chi connectivity index (χ4v) is 2.99. The van der Waals surface area contributed by atoms with Crippen molar-refractivity contribution >= 4 is 23.1 Å². The molecule has 17 heavy (non-hydrogen) atoms. The van der Waals surface area contributed by atoms with Crippen molar-refractivity contribution in [1.29, 1.82) is 0 Å². The molecule has 2 N–H and O–H groups in total. The third-order valence-electron chi connectivity index (χ3n) is 4.13. The van der Waals surface area contributed by atoms with Gasteiger partial charge in [-0.25, -0.2) is 0 Å². The van der Waals surface area contributed by atoms with E-state index >= 15 is 0 Å². The highest BCUT2D eigenvalue weighted by atomic mass is 32.1. The monoisotopic (exact) mass is 254 g/mol. The van der Waals surface area contributed by atoms with Crippen LogP contribution in [-0.4, -0.2) is 28.9 Å². The normalized spacial score (nSPS) is 27.7. The molecule has 1 unspecified atom stereocenters. The highest BCUT2D eigenvalue weighted by Crippen LogP contribution is 2.49.